The summed E-state index contributed by atoms with van der Waals surface area (Å²) in [6.07, 6.45) is 14.8. The molecule has 0 saturated heterocycles. The van der Waals surface area contributed by atoms with Crippen LogP contribution in [0.1, 0.15) is 69.8 Å². The summed E-state index contributed by atoms with van der Waals surface area (Å²) in [4.78, 5) is 10.1. The zero-order valence-corrected chi connectivity index (χ0v) is 12.2. The van der Waals surface area contributed by atoms with E-state index in [1.807, 2.05) is 0 Å². The van der Waals surface area contributed by atoms with Gasteiger partial charge in [-0.25, -0.2) is 0 Å². The van der Waals surface area contributed by atoms with Crippen molar-refractivity contribution in [3.63, 3.8) is 0 Å². The fourth-order valence-corrected chi connectivity index (χ4v) is 2.44. The van der Waals surface area contributed by atoms with E-state index >= 15 is 0 Å². The Bertz CT molecular complexity index is 305. The Morgan fingerprint density at radius 3 is 1.79 bits per heavy atom. The van der Waals surface area contributed by atoms with Crippen molar-refractivity contribution in [2.75, 3.05) is 0 Å². The predicted molar refractivity (Wildman–Crippen MR) is 82.4 cm³/mol. The molecule has 0 unspecified atom stereocenters. The molecule has 1 heteroatoms. The molecular weight excluding hydrogens is 232 g/mol. The van der Waals surface area contributed by atoms with Crippen LogP contribution >= 0.6 is 0 Å². The van der Waals surface area contributed by atoms with Crippen LogP contribution in [0.5, 0.6) is 0 Å². The summed E-state index contributed by atoms with van der Waals surface area (Å²) < 4.78 is 0. The quantitative estimate of drug-likeness (QED) is 0.367. The second-order valence-electron chi connectivity index (χ2n) is 5.37. The number of hydrogen-bond donors (Lipinski definition) is 0. The lowest BCUT2D eigenvalue weighted by molar-refractivity contribution is -0.107. The van der Waals surface area contributed by atoms with Crippen LogP contribution in [-0.2, 0) is 11.2 Å². The maximum Gasteiger partial charge on any atom is 0.119 e. The van der Waals surface area contributed by atoms with E-state index in [2.05, 4.69) is 30.3 Å². The summed E-state index contributed by atoms with van der Waals surface area (Å²) in [5.74, 6) is 0. The molecule has 0 radical (unpaired) electrons. The SMILES string of the molecule is O=CCCCCCCCCCCCc1ccccc1. The molecule has 0 bridgehead atoms. The molecule has 0 aromatic heterocycles. The highest BCUT2D eigenvalue weighted by Gasteiger charge is 1.94. The Morgan fingerprint density at radius 1 is 0.684 bits per heavy atom. The van der Waals surface area contributed by atoms with Gasteiger partial charge in [-0.1, -0.05) is 75.3 Å². The van der Waals surface area contributed by atoms with Crippen LogP contribution in [0.3, 0.4) is 0 Å². The van der Waals surface area contributed by atoms with E-state index in [0.717, 1.165) is 19.1 Å². The minimum Gasteiger partial charge on any atom is -0.303 e. The molecule has 0 atom stereocenters. The van der Waals surface area contributed by atoms with Crippen LogP contribution in [0.4, 0.5) is 0 Å². The fourth-order valence-electron chi connectivity index (χ4n) is 2.44. The third-order valence-corrected chi connectivity index (χ3v) is 3.63. The van der Waals surface area contributed by atoms with Gasteiger partial charge in [0.2, 0.25) is 0 Å². The second-order valence-corrected chi connectivity index (χ2v) is 5.37. The highest BCUT2D eigenvalue weighted by Crippen LogP contribution is 2.12. The van der Waals surface area contributed by atoms with Gasteiger partial charge in [-0.15, -0.1) is 0 Å². The van der Waals surface area contributed by atoms with Gasteiger partial charge in [-0.2, -0.15) is 0 Å². The zero-order valence-electron chi connectivity index (χ0n) is 12.2. The number of benzene rings is 1. The van der Waals surface area contributed by atoms with Gasteiger partial charge in [-0.05, 0) is 24.8 Å². The monoisotopic (exact) mass is 260 g/mol. The molecule has 0 spiro atoms. The van der Waals surface area contributed by atoms with Crippen molar-refractivity contribution in [2.24, 2.45) is 0 Å². The van der Waals surface area contributed by atoms with Crippen molar-refractivity contribution in [1.29, 1.82) is 0 Å². The topological polar surface area (TPSA) is 17.1 Å². The maximum absolute atomic E-state index is 10.1. The summed E-state index contributed by atoms with van der Waals surface area (Å²) >= 11 is 0. The molecule has 0 saturated carbocycles. The molecular formula is C18H28O. The summed E-state index contributed by atoms with van der Waals surface area (Å²) in [5, 5.41) is 0. The standard InChI is InChI=1S/C18H28O/c19-17-13-8-6-4-2-1-3-5-7-10-14-18-15-11-9-12-16-18/h9,11-12,15-17H,1-8,10,13-14H2. The minimum atomic E-state index is 0.749. The fraction of sp³-hybridized carbons (Fsp3) is 0.611. The van der Waals surface area contributed by atoms with Crippen molar-refractivity contribution in [1.82, 2.24) is 0 Å². The van der Waals surface area contributed by atoms with Gasteiger partial charge in [0.1, 0.15) is 6.29 Å². The highest BCUT2D eigenvalue weighted by atomic mass is 16.1. The number of carbonyl (C=O) groups excluding carboxylic acids is 1. The Hall–Kier alpha value is -1.11. The average Bonchev–Trinajstić information content (AvgIpc) is 2.46. The number of rotatable bonds is 12. The molecule has 0 aliphatic carbocycles. The van der Waals surface area contributed by atoms with E-state index in [1.54, 1.807) is 0 Å². The van der Waals surface area contributed by atoms with Gasteiger partial charge in [0.25, 0.3) is 0 Å². The first kappa shape index (κ1) is 15.9. The first-order valence-electron chi connectivity index (χ1n) is 7.91. The lowest BCUT2D eigenvalue weighted by Crippen LogP contribution is -1.86. The number of hydrogen-bond acceptors (Lipinski definition) is 1. The van der Waals surface area contributed by atoms with E-state index in [-0.39, 0.29) is 0 Å². The van der Waals surface area contributed by atoms with Crippen LogP contribution in [0.25, 0.3) is 0 Å². The van der Waals surface area contributed by atoms with Crippen molar-refractivity contribution in [2.45, 2.75) is 70.6 Å². The van der Waals surface area contributed by atoms with Crippen molar-refractivity contribution in [3.05, 3.63) is 35.9 Å². The summed E-state index contributed by atoms with van der Waals surface area (Å²) in [5.41, 5.74) is 1.47. The molecule has 1 nitrogen and oxygen atoms in total. The maximum atomic E-state index is 10.1. The van der Waals surface area contributed by atoms with Crippen LogP contribution in [0, 0.1) is 0 Å². The van der Waals surface area contributed by atoms with E-state index < -0.39 is 0 Å². The Kier molecular flexibility index (Phi) is 10.0. The van der Waals surface area contributed by atoms with Crippen LogP contribution < -0.4 is 0 Å². The molecule has 0 aliphatic heterocycles. The lowest BCUT2D eigenvalue weighted by Gasteiger charge is -2.02. The molecule has 0 fully saturated rings. The van der Waals surface area contributed by atoms with Crippen molar-refractivity contribution in [3.8, 4) is 0 Å². The number of carbonyl (C=O) groups is 1. The van der Waals surface area contributed by atoms with Gasteiger partial charge in [0.15, 0.2) is 0 Å². The Morgan fingerprint density at radius 2 is 1.21 bits per heavy atom. The predicted octanol–water partition coefficient (Wildman–Crippen LogP) is 5.33. The smallest absolute Gasteiger partial charge is 0.119 e. The van der Waals surface area contributed by atoms with Gasteiger partial charge >= 0.3 is 0 Å². The Balaban J connectivity index is 1.80. The molecule has 0 aliphatic rings. The summed E-state index contributed by atoms with van der Waals surface area (Å²) in [7, 11) is 0. The van der Waals surface area contributed by atoms with Crippen molar-refractivity contribution < 1.29 is 4.79 Å². The van der Waals surface area contributed by atoms with Crippen LogP contribution in [0.2, 0.25) is 0 Å². The summed E-state index contributed by atoms with van der Waals surface area (Å²) in [6, 6.07) is 10.8. The number of aryl methyl sites for hydroxylation is 1. The van der Waals surface area contributed by atoms with Gasteiger partial charge < -0.3 is 4.79 Å². The van der Waals surface area contributed by atoms with Gasteiger partial charge in [0, 0.05) is 6.42 Å². The van der Waals surface area contributed by atoms with Gasteiger partial charge in [-0.3, -0.25) is 0 Å². The molecule has 19 heavy (non-hydrogen) atoms. The second kappa shape index (κ2) is 12.0. The normalized spacial score (nSPS) is 10.5. The van der Waals surface area contributed by atoms with Crippen molar-refractivity contribution >= 4 is 6.29 Å². The number of aldehydes is 1. The molecule has 0 heterocycles. The Labute approximate surface area is 118 Å². The van der Waals surface area contributed by atoms with E-state index in [4.69, 9.17) is 0 Å². The largest absolute Gasteiger partial charge is 0.303 e. The van der Waals surface area contributed by atoms with E-state index in [1.165, 1.54) is 63.4 Å². The molecule has 106 valence electrons. The minimum absolute atomic E-state index is 0.749. The first-order valence-corrected chi connectivity index (χ1v) is 7.91. The molecule has 0 amide bonds. The van der Waals surface area contributed by atoms with E-state index in [0.29, 0.717) is 0 Å². The summed E-state index contributed by atoms with van der Waals surface area (Å²) in [6.45, 7) is 0. The zero-order chi connectivity index (χ0) is 13.6. The van der Waals surface area contributed by atoms with Crippen LogP contribution in [0.15, 0.2) is 30.3 Å². The first-order chi connectivity index (χ1) is 9.43. The molecule has 1 rings (SSSR count). The third kappa shape index (κ3) is 9.47. The third-order valence-electron chi connectivity index (χ3n) is 3.63. The molecule has 0 N–H and O–H groups in total. The lowest BCUT2D eigenvalue weighted by atomic mass is 10.0. The van der Waals surface area contributed by atoms with E-state index in [9.17, 15) is 4.79 Å². The molecule has 1 aromatic rings. The van der Waals surface area contributed by atoms with Gasteiger partial charge in [0.05, 0.1) is 0 Å². The average molecular weight is 260 g/mol. The number of unbranched alkanes of at least 4 members (excludes halogenated alkanes) is 9. The highest BCUT2D eigenvalue weighted by molar-refractivity contribution is 5.48. The van der Waals surface area contributed by atoms with Crippen LogP contribution in [-0.4, -0.2) is 6.29 Å². The molecule has 1 aromatic carbocycles.